The quantitative estimate of drug-likeness (QED) is 0.635. The van der Waals surface area contributed by atoms with Gasteiger partial charge < -0.3 is 5.32 Å². The predicted octanol–water partition coefficient (Wildman–Crippen LogP) is 1.30. The lowest BCUT2D eigenvalue weighted by Crippen LogP contribution is -2.36. The Morgan fingerprint density at radius 2 is 2.08 bits per heavy atom. The molecule has 1 unspecified atom stereocenters. The Morgan fingerprint density at radius 3 is 2.42 bits per heavy atom. The number of carbonyl (C=O) groups is 1. The van der Waals surface area contributed by atoms with Crippen LogP contribution in [0.2, 0.25) is 0 Å². The molecule has 0 aliphatic rings. The Bertz CT molecular complexity index is 157. The number of nitroso groups, excluding NO2 is 1. The minimum atomic E-state index is -0.739. The van der Waals surface area contributed by atoms with Gasteiger partial charge in [0.05, 0.1) is 0 Å². The van der Waals surface area contributed by atoms with Gasteiger partial charge in [-0.2, -0.15) is 0 Å². The van der Waals surface area contributed by atoms with Crippen molar-refractivity contribution in [3.05, 3.63) is 4.91 Å². The van der Waals surface area contributed by atoms with Crippen molar-refractivity contribution in [2.24, 2.45) is 11.1 Å². The Hall–Kier alpha value is -0.930. The number of rotatable bonds is 5. The van der Waals surface area contributed by atoms with E-state index in [1.165, 1.54) is 0 Å². The molecule has 1 atom stereocenters. The van der Waals surface area contributed by atoms with Crippen molar-refractivity contribution in [1.29, 1.82) is 0 Å². The topological polar surface area (TPSA) is 58.5 Å². The maximum atomic E-state index is 11.2. The zero-order chi connectivity index (χ0) is 9.56. The second-order valence-corrected chi connectivity index (χ2v) is 3.09. The molecule has 0 fully saturated rings. The van der Waals surface area contributed by atoms with Crippen molar-refractivity contribution in [1.82, 2.24) is 5.32 Å². The number of amides is 1. The first-order valence-electron chi connectivity index (χ1n) is 4.23. The van der Waals surface area contributed by atoms with Gasteiger partial charge in [0.2, 0.25) is 5.91 Å². The highest BCUT2D eigenvalue weighted by Gasteiger charge is 2.21. The summed E-state index contributed by atoms with van der Waals surface area (Å²) in [6, 6.07) is -0.739. The fraction of sp³-hybridized carbons (Fsp3) is 0.875. The van der Waals surface area contributed by atoms with Crippen LogP contribution in [0.15, 0.2) is 5.18 Å². The Kier molecular flexibility index (Phi) is 5.25. The summed E-state index contributed by atoms with van der Waals surface area (Å²) in [6.45, 7) is 6.17. The monoisotopic (exact) mass is 172 g/mol. The molecule has 0 aliphatic carbocycles. The molecular weight excluding hydrogens is 156 g/mol. The third kappa shape index (κ3) is 3.46. The third-order valence-corrected chi connectivity index (χ3v) is 1.56. The van der Waals surface area contributed by atoms with E-state index < -0.39 is 6.04 Å². The Balaban J connectivity index is 3.94. The molecule has 0 saturated carbocycles. The zero-order valence-electron chi connectivity index (χ0n) is 7.83. The highest BCUT2D eigenvalue weighted by Crippen LogP contribution is 2.05. The molecule has 0 heterocycles. The smallest absolute Gasteiger partial charge is 0.248 e. The molecule has 0 radical (unpaired) electrons. The lowest BCUT2D eigenvalue weighted by Gasteiger charge is -2.11. The van der Waals surface area contributed by atoms with E-state index in [2.05, 4.69) is 10.5 Å². The van der Waals surface area contributed by atoms with Gasteiger partial charge in [-0.15, -0.1) is 4.91 Å². The fourth-order valence-electron chi connectivity index (χ4n) is 0.825. The van der Waals surface area contributed by atoms with Gasteiger partial charge in [-0.05, 0) is 12.3 Å². The normalized spacial score (nSPS) is 12.7. The summed E-state index contributed by atoms with van der Waals surface area (Å²) in [5.41, 5.74) is 0. The van der Waals surface area contributed by atoms with Crippen LogP contribution in [0.25, 0.3) is 0 Å². The van der Waals surface area contributed by atoms with Crippen LogP contribution in [0.4, 0.5) is 0 Å². The molecular formula is C8H16N2O2. The van der Waals surface area contributed by atoms with Crippen LogP contribution in [0.5, 0.6) is 0 Å². The molecule has 4 heteroatoms. The van der Waals surface area contributed by atoms with E-state index in [4.69, 9.17) is 0 Å². The summed E-state index contributed by atoms with van der Waals surface area (Å²) in [5, 5.41) is 5.41. The van der Waals surface area contributed by atoms with Crippen molar-refractivity contribution >= 4 is 5.91 Å². The molecule has 1 amide bonds. The van der Waals surface area contributed by atoms with Gasteiger partial charge in [0.15, 0.2) is 6.04 Å². The van der Waals surface area contributed by atoms with Gasteiger partial charge in [-0.1, -0.05) is 25.9 Å². The van der Waals surface area contributed by atoms with E-state index >= 15 is 0 Å². The summed E-state index contributed by atoms with van der Waals surface area (Å²) < 4.78 is 0. The Morgan fingerprint density at radius 1 is 1.50 bits per heavy atom. The number of hydrogen-bond donors (Lipinski definition) is 1. The van der Waals surface area contributed by atoms with Crippen LogP contribution >= 0.6 is 0 Å². The molecule has 70 valence electrons. The molecule has 0 saturated heterocycles. The summed E-state index contributed by atoms with van der Waals surface area (Å²) >= 11 is 0. The Labute approximate surface area is 72.7 Å². The lowest BCUT2D eigenvalue weighted by atomic mass is 10.1. The average molecular weight is 172 g/mol. The summed E-state index contributed by atoms with van der Waals surface area (Å²) in [6.07, 6.45) is 0.870. The molecule has 0 bridgehead atoms. The predicted molar refractivity (Wildman–Crippen MR) is 47.7 cm³/mol. The molecule has 12 heavy (non-hydrogen) atoms. The first-order chi connectivity index (χ1) is 5.63. The van der Waals surface area contributed by atoms with Crippen LogP contribution in [0.1, 0.15) is 27.2 Å². The van der Waals surface area contributed by atoms with Gasteiger partial charge in [-0.25, -0.2) is 0 Å². The first kappa shape index (κ1) is 11.1. The fourth-order valence-corrected chi connectivity index (χ4v) is 0.825. The van der Waals surface area contributed by atoms with Gasteiger partial charge >= 0.3 is 0 Å². The van der Waals surface area contributed by atoms with E-state index in [0.717, 1.165) is 6.42 Å². The van der Waals surface area contributed by atoms with Gasteiger partial charge in [-0.3, -0.25) is 4.79 Å². The van der Waals surface area contributed by atoms with Crippen LogP contribution in [-0.4, -0.2) is 18.5 Å². The van der Waals surface area contributed by atoms with Crippen LogP contribution in [0, 0.1) is 10.8 Å². The van der Waals surface area contributed by atoms with E-state index in [0.29, 0.717) is 6.54 Å². The minimum Gasteiger partial charge on any atom is -0.354 e. The summed E-state index contributed by atoms with van der Waals surface area (Å²) in [5.74, 6) is -0.291. The molecule has 0 aromatic carbocycles. The lowest BCUT2D eigenvalue weighted by molar-refractivity contribution is -0.123. The number of nitrogens with one attached hydrogen (secondary N) is 1. The standard InChI is InChI=1S/C8H16N2O2/c1-4-5-9-8(11)7(10-12)6(2)3/h6-7H,4-5H2,1-3H3,(H,9,11). The molecule has 0 rings (SSSR count). The summed E-state index contributed by atoms with van der Waals surface area (Å²) in [7, 11) is 0. The third-order valence-electron chi connectivity index (χ3n) is 1.56. The molecule has 0 spiro atoms. The SMILES string of the molecule is CCCNC(=O)C(N=O)C(C)C. The highest BCUT2D eigenvalue weighted by molar-refractivity contribution is 5.82. The van der Waals surface area contributed by atoms with Crippen LogP contribution < -0.4 is 5.32 Å². The van der Waals surface area contributed by atoms with Crippen molar-refractivity contribution < 1.29 is 4.79 Å². The number of nitrogens with zero attached hydrogens (tertiary/aromatic N) is 1. The number of hydrogen-bond acceptors (Lipinski definition) is 3. The van der Waals surface area contributed by atoms with Gasteiger partial charge in [0.25, 0.3) is 0 Å². The molecule has 0 aromatic rings. The van der Waals surface area contributed by atoms with E-state index in [9.17, 15) is 9.70 Å². The number of carbonyl (C=O) groups excluding carboxylic acids is 1. The molecule has 0 aromatic heterocycles. The van der Waals surface area contributed by atoms with E-state index in [1.54, 1.807) is 13.8 Å². The van der Waals surface area contributed by atoms with Crippen molar-refractivity contribution in [2.75, 3.05) is 6.54 Å². The van der Waals surface area contributed by atoms with Crippen molar-refractivity contribution in [3.8, 4) is 0 Å². The second kappa shape index (κ2) is 5.69. The van der Waals surface area contributed by atoms with Crippen molar-refractivity contribution in [2.45, 2.75) is 33.2 Å². The summed E-state index contributed by atoms with van der Waals surface area (Å²) in [4.78, 5) is 21.4. The molecule has 0 aliphatic heterocycles. The van der Waals surface area contributed by atoms with Crippen LogP contribution in [0.3, 0.4) is 0 Å². The maximum absolute atomic E-state index is 11.2. The first-order valence-corrected chi connectivity index (χ1v) is 4.23. The average Bonchev–Trinajstić information content (AvgIpc) is 2.01. The maximum Gasteiger partial charge on any atom is 0.248 e. The van der Waals surface area contributed by atoms with E-state index in [1.807, 2.05) is 6.92 Å². The van der Waals surface area contributed by atoms with Gasteiger partial charge in [0, 0.05) is 6.54 Å². The molecule has 1 N–H and O–H groups in total. The van der Waals surface area contributed by atoms with Gasteiger partial charge in [0.1, 0.15) is 0 Å². The van der Waals surface area contributed by atoms with Crippen molar-refractivity contribution in [3.63, 3.8) is 0 Å². The zero-order valence-corrected chi connectivity index (χ0v) is 7.83. The second-order valence-electron chi connectivity index (χ2n) is 3.09. The van der Waals surface area contributed by atoms with E-state index in [-0.39, 0.29) is 11.8 Å². The largest absolute Gasteiger partial charge is 0.354 e. The van der Waals surface area contributed by atoms with Crippen LogP contribution in [-0.2, 0) is 4.79 Å². The minimum absolute atomic E-state index is 0.0284. The molecule has 4 nitrogen and oxygen atoms in total. The highest BCUT2D eigenvalue weighted by atomic mass is 16.3.